The molecule has 0 fully saturated rings. The standard InChI is InChI=1S/C12H14N4O3S/c1-7(2)9(11(18)19)16-10(17)8(5-13)6-15-12-14-3-4-20-12/h3-4,6-7,9H,1-2H3,(H,14,15)(H,16,17)(H,18,19)/b8-6-. The zero-order valence-electron chi connectivity index (χ0n) is 11.0. The molecular formula is C12H14N4O3S. The first-order chi connectivity index (χ1) is 9.45. The van der Waals surface area contributed by atoms with E-state index >= 15 is 0 Å². The van der Waals surface area contributed by atoms with Gasteiger partial charge in [0, 0.05) is 17.8 Å². The van der Waals surface area contributed by atoms with Crippen molar-refractivity contribution in [3.8, 4) is 6.07 Å². The van der Waals surface area contributed by atoms with E-state index in [4.69, 9.17) is 10.4 Å². The number of nitrogens with zero attached hydrogens (tertiary/aromatic N) is 2. The first kappa shape index (κ1) is 15.7. The molecule has 7 nitrogen and oxygen atoms in total. The second-order valence-corrected chi connectivity index (χ2v) is 5.08. The predicted molar refractivity (Wildman–Crippen MR) is 73.8 cm³/mol. The Morgan fingerprint density at radius 3 is 2.70 bits per heavy atom. The molecule has 0 aliphatic carbocycles. The minimum Gasteiger partial charge on any atom is -0.480 e. The van der Waals surface area contributed by atoms with Crippen molar-refractivity contribution in [2.75, 3.05) is 5.32 Å². The Balaban J connectivity index is 2.74. The average molecular weight is 294 g/mol. The third-order valence-electron chi connectivity index (χ3n) is 2.36. The summed E-state index contributed by atoms with van der Waals surface area (Å²) in [6, 6.07) is 0.675. The van der Waals surface area contributed by atoms with Crippen molar-refractivity contribution >= 4 is 28.3 Å². The molecule has 1 aromatic rings. The summed E-state index contributed by atoms with van der Waals surface area (Å²) in [7, 11) is 0. The highest BCUT2D eigenvalue weighted by Gasteiger charge is 2.24. The zero-order chi connectivity index (χ0) is 15.1. The fourth-order valence-corrected chi connectivity index (χ4v) is 1.81. The van der Waals surface area contributed by atoms with Crippen molar-refractivity contribution in [3.05, 3.63) is 23.3 Å². The van der Waals surface area contributed by atoms with E-state index in [0.29, 0.717) is 5.13 Å². The highest BCUT2D eigenvalue weighted by Crippen LogP contribution is 2.11. The highest BCUT2D eigenvalue weighted by molar-refractivity contribution is 7.13. The number of hydrogen-bond donors (Lipinski definition) is 3. The van der Waals surface area contributed by atoms with Crippen LogP contribution in [0.1, 0.15) is 13.8 Å². The minimum absolute atomic E-state index is 0.216. The van der Waals surface area contributed by atoms with Crippen LogP contribution in [0.3, 0.4) is 0 Å². The first-order valence-electron chi connectivity index (χ1n) is 5.75. The number of nitriles is 1. The number of nitrogens with one attached hydrogen (secondary N) is 2. The Hall–Kier alpha value is -2.40. The Kier molecular flexibility index (Phi) is 5.68. The van der Waals surface area contributed by atoms with Crippen molar-refractivity contribution in [1.82, 2.24) is 10.3 Å². The Labute approximate surface area is 119 Å². The monoisotopic (exact) mass is 294 g/mol. The van der Waals surface area contributed by atoms with Crippen LogP contribution in [0.25, 0.3) is 0 Å². The van der Waals surface area contributed by atoms with Gasteiger partial charge in [-0.1, -0.05) is 13.8 Å². The molecule has 1 amide bonds. The molecular weight excluding hydrogens is 280 g/mol. The minimum atomic E-state index is -1.14. The summed E-state index contributed by atoms with van der Waals surface area (Å²) in [6.07, 6.45) is 2.78. The van der Waals surface area contributed by atoms with Gasteiger partial charge in [-0.2, -0.15) is 5.26 Å². The van der Waals surface area contributed by atoms with Crippen molar-refractivity contribution in [3.63, 3.8) is 0 Å². The Morgan fingerprint density at radius 2 is 2.25 bits per heavy atom. The Morgan fingerprint density at radius 1 is 1.55 bits per heavy atom. The highest BCUT2D eigenvalue weighted by atomic mass is 32.1. The lowest BCUT2D eigenvalue weighted by Crippen LogP contribution is -2.44. The van der Waals surface area contributed by atoms with E-state index < -0.39 is 17.9 Å². The molecule has 20 heavy (non-hydrogen) atoms. The molecule has 0 saturated heterocycles. The zero-order valence-corrected chi connectivity index (χ0v) is 11.8. The molecule has 0 radical (unpaired) electrons. The third kappa shape index (κ3) is 4.37. The summed E-state index contributed by atoms with van der Waals surface area (Å²) >= 11 is 1.31. The molecule has 0 aliphatic heterocycles. The van der Waals surface area contributed by atoms with Crippen molar-refractivity contribution in [2.45, 2.75) is 19.9 Å². The van der Waals surface area contributed by atoms with Gasteiger partial charge in [-0.05, 0) is 5.92 Å². The van der Waals surface area contributed by atoms with Crippen LogP contribution < -0.4 is 10.6 Å². The van der Waals surface area contributed by atoms with Gasteiger partial charge in [0.25, 0.3) is 5.91 Å². The second kappa shape index (κ2) is 7.25. The van der Waals surface area contributed by atoms with E-state index in [-0.39, 0.29) is 11.5 Å². The van der Waals surface area contributed by atoms with Gasteiger partial charge in [0.05, 0.1) is 0 Å². The number of carbonyl (C=O) groups excluding carboxylic acids is 1. The van der Waals surface area contributed by atoms with E-state index in [2.05, 4.69) is 15.6 Å². The summed E-state index contributed by atoms with van der Waals surface area (Å²) in [5.41, 5.74) is -0.216. The number of thiazole rings is 1. The first-order valence-corrected chi connectivity index (χ1v) is 6.63. The van der Waals surface area contributed by atoms with Crippen molar-refractivity contribution < 1.29 is 14.7 Å². The number of aliphatic carboxylic acids is 1. The number of rotatable bonds is 6. The lowest BCUT2D eigenvalue weighted by molar-refractivity contribution is -0.142. The number of anilines is 1. The van der Waals surface area contributed by atoms with Gasteiger partial charge in [-0.25, -0.2) is 9.78 Å². The van der Waals surface area contributed by atoms with Crippen LogP contribution in [0, 0.1) is 17.2 Å². The summed E-state index contributed by atoms with van der Waals surface area (Å²) in [5, 5.41) is 25.2. The second-order valence-electron chi connectivity index (χ2n) is 4.18. The molecule has 8 heteroatoms. The van der Waals surface area contributed by atoms with E-state index in [9.17, 15) is 9.59 Å². The van der Waals surface area contributed by atoms with Crippen molar-refractivity contribution in [2.24, 2.45) is 5.92 Å². The van der Waals surface area contributed by atoms with Gasteiger partial charge >= 0.3 is 5.97 Å². The van der Waals surface area contributed by atoms with Gasteiger partial charge < -0.3 is 15.7 Å². The van der Waals surface area contributed by atoms with Crippen LogP contribution in [0.4, 0.5) is 5.13 Å². The molecule has 1 aromatic heterocycles. The number of carbonyl (C=O) groups is 2. The van der Waals surface area contributed by atoms with Gasteiger partial charge in [0.2, 0.25) is 0 Å². The topological polar surface area (TPSA) is 115 Å². The molecule has 0 saturated carbocycles. The van der Waals surface area contributed by atoms with Crippen LogP contribution >= 0.6 is 11.3 Å². The van der Waals surface area contributed by atoms with Gasteiger partial charge in [-0.3, -0.25) is 4.79 Å². The molecule has 106 valence electrons. The number of aromatic nitrogens is 1. The third-order valence-corrected chi connectivity index (χ3v) is 3.06. The maximum absolute atomic E-state index is 11.8. The summed E-state index contributed by atoms with van der Waals surface area (Å²) < 4.78 is 0. The van der Waals surface area contributed by atoms with E-state index in [1.54, 1.807) is 31.5 Å². The van der Waals surface area contributed by atoms with Gasteiger partial charge in [0.1, 0.15) is 17.7 Å². The summed E-state index contributed by atoms with van der Waals surface area (Å²) in [4.78, 5) is 26.7. The van der Waals surface area contributed by atoms with Crippen LogP contribution in [0.5, 0.6) is 0 Å². The van der Waals surface area contributed by atoms with Crippen LogP contribution in [-0.2, 0) is 9.59 Å². The quantitative estimate of drug-likeness (QED) is 0.536. The smallest absolute Gasteiger partial charge is 0.326 e. The number of hydrogen-bond acceptors (Lipinski definition) is 6. The largest absolute Gasteiger partial charge is 0.480 e. The van der Waals surface area contributed by atoms with E-state index in [1.165, 1.54) is 17.5 Å². The lowest BCUT2D eigenvalue weighted by atomic mass is 10.0. The fourth-order valence-electron chi connectivity index (χ4n) is 1.31. The maximum Gasteiger partial charge on any atom is 0.326 e. The van der Waals surface area contributed by atoms with E-state index in [0.717, 1.165) is 0 Å². The average Bonchev–Trinajstić information content (AvgIpc) is 2.89. The molecule has 1 unspecified atom stereocenters. The predicted octanol–water partition coefficient (Wildman–Crippen LogP) is 1.19. The summed E-state index contributed by atoms with van der Waals surface area (Å²) in [6.45, 7) is 3.34. The molecule has 1 rings (SSSR count). The SMILES string of the molecule is CC(C)C(NC(=O)/C(C#N)=C\Nc1nccs1)C(=O)O. The van der Waals surface area contributed by atoms with Gasteiger partial charge in [0.15, 0.2) is 5.13 Å². The number of carboxylic acids is 1. The van der Waals surface area contributed by atoms with Gasteiger partial charge in [-0.15, -0.1) is 11.3 Å². The summed E-state index contributed by atoms with van der Waals surface area (Å²) in [5.74, 6) is -2.17. The molecule has 0 bridgehead atoms. The molecule has 0 aliphatic rings. The molecule has 1 atom stereocenters. The van der Waals surface area contributed by atoms with Crippen molar-refractivity contribution in [1.29, 1.82) is 5.26 Å². The van der Waals surface area contributed by atoms with Crippen LogP contribution in [0.2, 0.25) is 0 Å². The maximum atomic E-state index is 11.8. The lowest BCUT2D eigenvalue weighted by Gasteiger charge is -2.17. The molecule has 0 spiro atoms. The molecule has 0 aromatic carbocycles. The van der Waals surface area contributed by atoms with E-state index in [1.807, 2.05) is 0 Å². The fraction of sp³-hybridized carbons (Fsp3) is 0.333. The normalized spacial score (nSPS) is 12.6. The molecule has 3 N–H and O–H groups in total. The number of carboxylic acid groups (broad SMARTS) is 1. The van der Waals surface area contributed by atoms with Crippen LogP contribution in [-0.4, -0.2) is 28.0 Å². The molecule has 1 heterocycles. The number of amides is 1. The van der Waals surface area contributed by atoms with Crippen LogP contribution in [0.15, 0.2) is 23.3 Å². The Bertz CT molecular complexity index is 546.